The Labute approximate surface area is 155 Å². The third-order valence-corrected chi connectivity index (χ3v) is 4.92. The summed E-state index contributed by atoms with van der Waals surface area (Å²) >= 11 is 0. The molecule has 3 heterocycles. The molecule has 0 saturated carbocycles. The molecular weight excluding hydrogens is 328 g/mol. The Morgan fingerprint density at radius 3 is 2.96 bits per heavy atom. The normalized spacial score (nSPS) is 17.5. The van der Waals surface area contributed by atoms with Gasteiger partial charge in [0, 0.05) is 24.7 Å². The fourth-order valence-corrected chi connectivity index (χ4v) is 3.40. The van der Waals surface area contributed by atoms with Crippen LogP contribution in [-0.2, 0) is 6.54 Å². The lowest BCUT2D eigenvalue weighted by Crippen LogP contribution is -2.43. The standard InChI is InChI=1S/C20H28N4O2/c1-4-15-8-5-6-10-24(15)20(25)17-13-22-18(14(2)3)23-19(17)21-12-16-9-7-11-26-16/h7,9,11,13-15H,4-6,8,10,12H2,1-3H3,(H,21,22,23). The summed E-state index contributed by atoms with van der Waals surface area (Å²) in [5, 5.41) is 3.27. The van der Waals surface area contributed by atoms with Gasteiger partial charge in [0.05, 0.1) is 12.8 Å². The molecule has 3 rings (SSSR count). The molecule has 2 aromatic rings. The maximum Gasteiger partial charge on any atom is 0.259 e. The zero-order chi connectivity index (χ0) is 18.5. The molecule has 6 heteroatoms. The molecule has 1 saturated heterocycles. The van der Waals surface area contributed by atoms with Crippen LogP contribution in [0.5, 0.6) is 0 Å². The highest BCUT2D eigenvalue weighted by molar-refractivity contribution is 5.98. The number of carbonyl (C=O) groups excluding carboxylic acids is 1. The second kappa shape index (κ2) is 8.34. The molecule has 1 N–H and O–H groups in total. The zero-order valence-corrected chi connectivity index (χ0v) is 15.9. The van der Waals surface area contributed by atoms with E-state index in [0.29, 0.717) is 24.0 Å². The van der Waals surface area contributed by atoms with Crippen molar-refractivity contribution in [3.05, 3.63) is 41.7 Å². The van der Waals surface area contributed by atoms with Crippen molar-refractivity contribution in [3.63, 3.8) is 0 Å². The first-order chi connectivity index (χ1) is 12.6. The molecule has 0 spiro atoms. The highest BCUT2D eigenvalue weighted by Crippen LogP contribution is 2.25. The van der Waals surface area contributed by atoms with Crippen LogP contribution >= 0.6 is 0 Å². The van der Waals surface area contributed by atoms with E-state index < -0.39 is 0 Å². The zero-order valence-electron chi connectivity index (χ0n) is 15.9. The van der Waals surface area contributed by atoms with Crippen LogP contribution in [0.25, 0.3) is 0 Å². The number of piperidine rings is 1. The minimum atomic E-state index is 0.0220. The van der Waals surface area contributed by atoms with E-state index in [1.165, 1.54) is 6.42 Å². The Morgan fingerprint density at radius 2 is 2.27 bits per heavy atom. The average Bonchev–Trinajstić information content (AvgIpc) is 3.19. The SMILES string of the molecule is CCC1CCCCN1C(=O)c1cnc(C(C)C)nc1NCc1ccco1. The number of nitrogens with zero attached hydrogens (tertiary/aromatic N) is 3. The summed E-state index contributed by atoms with van der Waals surface area (Å²) in [4.78, 5) is 24.3. The molecule has 0 aromatic carbocycles. The van der Waals surface area contributed by atoms with Gasteiger partial charge in [-0.1, -0.05) is 20.8 Å². The van der Waals surface area contributed by atoms with Crippen molar-refractivity contribution < 1.29 is 9.21 Å². The number of carbonyl (C=O) groups is 1. The maximum absolute atomic E-state index is 13.2. The summed E-state index contributed by atoms with van der Waals surface area (Å²) < 4.78 is 5.38. The molecule has 26 heavy (non-hydrogen) atoms. The molecule has 6 nitrogen and oxygen atoms in total. The Hall–Kier alpha value is -2.37. The summed E-state index contributed by atoms with van der Waals surface area (Å²) in [6.45, 7) is 7.53. The molecule has 0 aliphatic carbocycles. The van der Waals surface area contributed by atoms with Crippen LogP contribution in [0.15, 0.2) is 29.0 Å². The lowest BCUT2D eigenvalue weighted by molar-refractivity contribution is 0.0608. The van der Waals surface area contributed by atoms with Crippen molar-refractivity contribution >= 4 is 11.7 Å². The molecule has 1 amide bonds. The van der Waals surface area contributed by atoms with Crippen LogP contribution < -0.4 is 5.32 Å². The Kier molecular flexibility index (Phi) is 5.91. The number of aromatic nitrogens is 2. The third kappa shape index (κ3) is 4.06. The highest BCUT2D eigenvalue weighted by atomic mass is 16.3. The summed E-state index contributed by atoms with van der Waals surface area (Å²) in [6.07, 6.45) is 7.61. The van der Waals surface area contributed by atoms with Crippen LogP contribution in [0.3, 0.4) is 0 Å². The van der Waals surface area contributed by atoms with E-state index in [4.69, 9.17) is 4.42 Å². The van der Waals surface area contributed by atoms with E-state index in [-0.39, 0.29) is 11.8 Å². The molecule has 0 radical (unpaired) electrons. The number of nitrogens with one attached hydrogen (secondary N) is 1. The van der Waals surface area contributed by atoms with Crippen LogP contribution in [0.4, 0.5) is 5.82 Å². The Morgan fingerprint density at radius 1 is 1.42 bits per heavy atom. The van der Waals surface area contributed by atoms with Crippen molar-refractivity contribution in [2.75, 3.05) is 11.9 Å². The van der Waals surface area contributed by atoms with Gasteiger partial charge in [-0.15, -0.1) is 0 Å². The van der Waals surface area contributed by atoms with E-state index in [2.05, 4.69) is 22.2 Å². The molecule has 1 aliphatic heterocycles. The van der Waals surface area contributed by atoms with Crippen LogP contribution in [0, 0.1) is 0 Å². The monoisotopic (exact) mass is 356 g/mol. The first kappa shape index (κ1) is 18.4. The van der Waals surface area contributed by atoms with Gasteiger partial charge >= 0.3 is 0 Å². The third-order valence-electron chi connectivity index (χ3n) is 4.92. The van der Waals surface area contributed by atoms with Gasteiger partial charge in [0.1, 0.15) is 23.0 Å². The van der Waals surface area contributed by atoms with Crippen molar-refractivity contribution in [1.82, 2.24) is 14.9 Å². The molecule has 1 unspecified atom stereocenters. The number of hydrogen-bond donors (Lipinski definition) is 1. The Balaban J connectivity index is 1.87. The fraction of sp³-hybridized carbons (Fsp3) is 0.550. The second-order valence-corrected chi connectivity index (χ2v) is 7.13. The predicted molar refractivity (Wildman–Crippen MR) is 101 cm³/mol. The van der Waals surface area contributed by atoms with E-state index >= 15 is 0 Å². The average molecular weight is 356 g/mol. The molecule has 1 atom stereocenters. The lowest BCUT2D eigenvalue weighted by atomic mass is 9.99. The van der Waals surface area contributed by atoms with Crippen LogP contribution in [0.2, 0.25) is 0 Å². The molecular formula is C20H28N4O2. The molecule has 1 fully saturated rings. The number of amides is 1. The van der Waals surface area contributed by atoms with Gasteiger partial charge in [-0.2, -0.15) is 0 Å². The first-order valence-electron chi connectivity index (χ1n) is 9.54. The molecule has 2 aromatic heterocycles. The number of furan rings is 1. The number of likely N-dealkylation sites (tertiary alicyclic amines) is 1. The molecule has 1 aliphatic rings. The summed E-state index contributed by atoms with van der Waals surface area (Å²) in [5.74, 6) is 2.34. The second-order valence-electron chi connectivity index (χ2n) is 7.13. The van der Waals surface area contributed by atoms with Gasteiger partial charge in [0.25, 0.3) is 5.91 Å². The summed E-state index contributed by atoms with van der Waals surface area (Å²) in [6, 6.07) is 4.05. The van der Waals surface area contributed by atoms with Gasteiger partial charge in [0.15, 0.2) is 0 Å². The van der Waals surface area contributed by atoms with E-state index in [0.717, 1.165) is 37.4 Å². The van der Waals surface area contributed by atoms with Crippen LogP contribution in [-0.4, -0.2) is 33.4 Å². The van der Waals surface area contributed by atoms with Crippen molar-refractivity contribution in [2.24, 2.45) is 0 Å². The maximum atomic E-state index is 13.2. The van der Waals surface area contributed by atoms with Crippen molar-refractivity contribution in [1.29, 1.82) is 0 Å². The quantitative estimate of drug-likeness (QED) is 0.839. The number of rotatable bonds is 6. The molecule has 140 valence electrons. The smallest absolute Gasteiger partial charge is 0.259 e. The van der Waals surface area contributed by atoms with Gasteiger partial charge in [-0.25, -0.2) is 9.97 Å². The van der Waals surface area contributed by atoms with E-state index in [1.54, 1.807) is 12.5 Å². The van der Waals surface area contributed by atoms with Crippen molar-refractivity contribution in [2.45, 2.75) is 65.0 Å². The summed E-state index contributed by atoms with van der Waals surface area (Å²) in [5.41, 5.74) is 0.543. The van der Waals surface area contributed by atoms with Crippen LogP contribution in [0.1, 0.15) is 74.3 Å². The Bertz CT molecular complexity index is 727. The topological polar surface area (TPSA) is 71.3 Å². The number of anilines is 1. The van der Waals surface area contributed by atoms with Gasteiger partial charge < -0.3 is 14.6 Å². The lowest BCUT2D eigenvalue weighted by Gasteiger charge is -2.35. The van der Waals surface area contributed by atoms with Gasteiger partial charge in [-0.05, 0) is 37.8 Å². The minimum Gasteiger partial charge on any atom is -0.467 e. The van der Waals surface area contributed by atoms with E-state index in [9.17, 15) is 4.79 Å². The number of hydrogen-bond acceptors (Lipinski definition) is 5. The predicted octanol–water partition coefficient (Wildman–Crippen LogP) is 4.21. The van der Waals surface area contributed by atoms with Gasteiger partial charge in [-0.3, -0.25) is 4.79 Å². The first-order valence-corrected chi connectivity index (χ1v) is 9.54. The highest BCUT2D eigenvalue weighted by Gasteiger charge is 2.28. The minimum absolute atomic E-state index is 0.0220. The largest absolute Gasteiger partial charge is 0.467 e. The van der Waals surface area contributed by atoms with Crippen molar-refractivity contribution in [3.8, 4) is 0 Å². The summed E-state index contributed by atoms with van der Waals surface area (Å²) in [7, 11) is 0. The fourth-order valence-electron chi connectivity index (χ4n) is 3.40. The van der Waals surface area contributed by atoms with Gasteiger partial charge in [0.2, 0.25) is 0 Å². The van der Waals surface area contributed by atoms with E-state index in [1.807, 2.05) is 30.9 Å². The molecule has 0 bridgehead atoms.